The standard InChI is InChI=1S/C10H11NO3.ClH/c1-7-3-5-8(6-4-7)9(12)11(2)10(13)14;/h3-6H,1-2H3,(H,13,14);1H. The van der Waals surface area contributed by atoms with E-state index >= 15 is 0 Å². The Hall–Kier alpha value is -1.55. The molecule has 0 saturated heterocycles. The highest BCUT2D eigenvalue weighted by molar-refractivity contribution is 6.02. The number of halogens is 1. The molecule has 1 aromatic carbocycles. The fourth-order valence-electron chi connectivity index (χ4n) is 0.977. The highest BCUT2D eigenvalue weighted by atomic mass is 35.5. The zero-order valence-electron chi connectivity index (χ0n) is 8.43. The summed E-state index contributed by atoms with van der Waals surface area (Å²) in [6.45, 7) is 1.90. The van der Waals surface area contributed by atoms with Crippen molar-refractivity contribution in [3.05, 3.63) is 35.4 Å². The first-order valence-electron chi connectivity index (χ1n) is 4.10. The number of carbonyl (C=O) groups excluding carboxylic acids is 1. The van der Waals surface area contributed by atoms with Crippen LogP contribution in [0, 0.1) is 6.92 Å². The normalized spacial score (nSPS) is 8.93. The Morgan fingerprint density at radius 2 is 1.67 bits per heavy atom. The monoisotopic (exact) mass is 229 g/mol. The van der Waals surface area contributed by atoms with Gasteiger partial charge in [-0.1, -0.05) is 17.7 Å². The average molecular weight is 230 g/mol. The molecule has 82 valence electrons. The Morgan fingerprint density at radius 3 is 2.07 bits per heavy atom. The van der Waals surface area contributed by atoms with Gasteiger partial charge in [-0.05, 0) is 19.1 Å². The molecule has 0 fully saturated rings. The summed E-state index contributed by atoms with van der Waals surface area (Å²) < 4.78 is 0. The molecule has 2 amide bonds. The maximum Gasteiger partial charge on any atom is 0.414 e. The number of carboxylic acid groups (broad SMARTS) is 1. The van der Waals surface area contributed by atoms with Gasteiger partial charge in [0.2, 0.25) is 0 Å². The highest BCUT2D eigenvalue weighted by Gasteiger charge is 2.16. The van der Waals surface area contributed by atoms with E-state index in [1.165, 1.54) is 7.05 Å². The largest absolute Gasteiger partial charge is 0.465 e. The second-order valence-electron chi connectivity index (χ2n) is 3.01. The molecule has 1 rings (SSSR count). The Kier molecular flexibility index (Phi) is 4.81. The fraction of sp³-hybridized carbons (Fsp3) is 0.200. The van der Waals surface area contributed by atoms with E-state index in [1.54, 1.807) is 24.3 Å². The number of rotatable bonds is 1. The first kappa shape index (κ1) is 13.4. The number of hydrogen-bond donors (Lipinski definition) is 1. The molecule has 1 aromatic rings. The van der Waals surface area contributed by atoms with Crippen LogP contribution < -0.4 is 0 Å². The average Bonchev–Trinajstić information content (AvgIpc) is 2.16. The number of carbonyl (C=O) groups is 2. The van der Waals surface area contributed by atoms with E-state index in [1.807, 2.05) is 6.92 Å². The fourth-order valence-corrected chi connectivity index (χ4v) is 0.977. The maximum atomic E-state index is 11.4. The lowest BCUT2D eigenvalue weighted by atomic mass is 10.1. The molecule has 1 N–H and O–H groups in total. The van der Waals surface area contributed by atoms with E-state index in [0.29, 0.717) is 10.5 Å². The topological polar surface area (TPSA) is 57.6 Å². The summed E-state index contributed by atoms with van der Waals surface area (Å²) in [5.41, 5.74) is 1.40. The van der Waals surface area contributed by atoms with Crippen LogP contribution in [0.15, 0.2) is 24.3 Å². The van der Waals surface area contributed by atoms with Gasteiger partial charge in [0.25, 0.3) is 5.91 Å². The Bertz CT molecular complexity index is 361. The number of aryl methyl sites for hydroxylation is 1. The van der Waals surface area contributed by atoms with Crippen LogP contribution in [0.4, 0.5) is 4.79 Å². The van der Waals surface area contributed by atoms with Crippen molar-refractivity contribution in [3.8, 4) is 0 Å². The van der Waals surface area contributed by atoms with Gasteiger partial charge in [0.1, 0.15) is 0 Å². The summed E-state index contributed by atoms with van der Waals surface area (Å²) in [7, 11) is 1.23. The van der Waals surface area contributed by atoms with Gasteiger partial charge in [0.15, 0.2) is 0 Å². The van der Waals surface area contributed by atoms with E-state index in [0.717, 1.165) is 5.56 Å². The van der Waals surface area contributed by atoms with Crippen molar-refractivity contribution in [2.75, 3.05) is 7.05 Å². The van der Waals surface area contributed by atoms with Gasteiger partial charge in [0, 0.05) is 12.6 Å². The zero-order valence-corrected chi connectivity index (χ0v) is 9.25. The third-order valence-electron chi connectivity index (χ3n) is 1.89. The second kappa shape index (κ2) is 5.36. The molecule has 0 aliphatic heterocycles. The summed E-state index contributed by atoms with van der Waals surface area (Å²) in [6, 6.07) is 6.75. The molecule has 0 radical (unpaired) electrons. The summed E-state index contributed by atoms with van der Waals surface area (Å²) in [5.74, 6) is -0.516. The Balaban J connectivity index is 0.00000196. The summed E-state index contributed by atoms with van der Waals surface area (Å²) >= 11 is 0. The molecule has 0 atom stereocenters. The van der Waals surface area contributed by atoms with Crippen LogP contribution in [-0.2, 0) is 0 Å². The smallest absolute Gasteiger partial charge is 0.414 e. The minimum atomic E-state index is -1.25. The summed E-state index contributed by atoms with van der Waals surface area (Å²) in [4.78, 5) is 22.6. The second-order valence-corrected chi connectivity index (χ2v) is 3.01. The van der Waals surface area contributed by atoms with Crippen LogP contribution in [0.3, 0.4) is 0 Å². The van der Waals surface area contributed by atoms with Gasteiger partial charge in [-0.2, -0.15) is 0 Å². The van der Waals surface area contributed by atoms with Crippen molar-refractivity contribution < 1.29 is 14.7 Å². The Morgan fingerprint density at radius 1 is 1.20 bits per heavy atom. The summed E-state index contributed by atoms with van der Waals surface area (Å²) in [5, 5.41) is 8.57. The third kappa shape index (κ3) is 3.25. The van der Waals surface area contributed by atoms with Crippen LogP contribution >= 0.6 is 12.4 Å². The lowest BCUT2D eigenvalue weighted by molar-refractivity contribution is 0.0782. The van der Waals surface area contributed by atoms with Gasteiger partial charge >= 0.3 is 6.09 Å². The molecule has 0 aromatic heterocycles. The number of hydrogen-bond acceptors (Lipinski definition) is 2. The van der Waals surface area contributed by atoms with Gasteiger partial charge < -0.3 is 5.11 Å². The maximum absolute atomic E-state index is 11.4. The van der Waals surface area contributed by atoms with E-state index < -0.39 is 12.0 Å². The van der Waals surface area contributed by atoms with Crippen molar-refractivity contribution in [1.82, 2.24) is 4.90 Å². The minimum Gasteiger partial charge on any atom is -0.465 e. The van der Waals surface area contributed by atoms with Crippen molar-refractivity contribution in [3.63, 3.8) is 0 Å². The van der Waals surface area contributed by atoms with E-state index in [2.05, 4.69) is 0 Å². The van der Waals surface area contributed by atoms with Crippen molar-refractivity contribution in [2.24, 2.45) is 0 Å². The molecule has 0 aliphatic rings. The Labute approximate surface area is 93.9 Å². The first-order chi connectivity index (χ1) is 6.52. The molecule has 0 saturated carbocycles. The molecule has 0 unspecified atom stereocenters. The molecule has 15 heavy (non-hydrogen) atoms. The predicted octanol–water partition coefficient (Wildman–Crippen LogP) is 2.17. The lowest BCUT2D eigenvalue weighted by Gasteiger charge is -2.10. The molecule has 0 heterocycles. The quantitative estimate of drug-likeness (QED) is 0.803. The van der Waals surface area contributed by atoms with Crippen LogP contribution in [-0.4, -0.2) is 29.1 Å². The van der Waals surface area contributed by atoms with Crippen LogP contribution in [0.1, 0.15) is 15.9 Å². The number of amides is 2. The van der Waals surface area contributed by atoms with Crippen LogP contribution in [0.25, 0.3) is 0 Å². The molecular formula is C10H12ClNO3. The SMILES string of the molecule is Cc1ccc(C(=O)N(C)C(=O)O)cc1.Cl. The molecule has 0 bridgehead atoms. The molecule has 0 spiro atoms. The van der Waals surface area contributed by atoms with E-state index in [-0.39, 0.29) is 12.4 Å². The van der Waals surface area contributed by atoms with Crippen LogP contribution in [0.2, 0.25) is 0 Å². The molecule has 4 nitrogen and oxygen atoms in total. The van der Waals surface area contributed by atoms with Gasteiger partial charge in [-0.25, -0.2) is 9.69 Å². The van der Waals surface area contributed by atoms with Crippen molar-refractivity contribution >= 4 is 24.4 Å². The van der Waals surface area contributed by atoms with E-state index in [9.17, 15) is 9.59 Å². The molecular weight excluding hydrogens is 218 g/mol. The van der Waals surface area contributed by atoms with Crippen LogP contribution in [0.5, 0.6) is 0 Å². The molecule has 0 aliphatic carbocycles. The van der Waals surface area contributed by atoms with Gasteiger partial charge in [-0.3, -0.25) is 4.79 Å². The zero-order chi connectivity index (χ0) is 10.7. The number of benzene rings is 1. The highest BCUT2D eigenvalue weighted by Crippen LogP contribution is 2.05. The van der Waals surface area contributed by atoms with Gasteiger partial charge in [-0.15, -0.1) is 12.4 Å². The van der Waals surface area contributed by atoms with Crippen molar-refractivity contribution in [1.29, 1.82) is 0 Å². The lowest BCUT2D eigenvalue weighted by Crippen LogP contribution is -2.31. The first-order valence-corrected chi connectivity index (χ1v) is 4.10. The summed E-state index contributed by atoms with van der Waals surface area (Å²) in [6.07, 6.45) is -1.25. The number of imide groups is 1. The predicted molar refractivity (Wildman–Crippen MR) is 58.5 cm³/mol. The third-order valence-corrected chi connectivity index (χ3v) is 1.89. The molecule has 5 heteroatoms. The van der Waals surface area contributed by atoms with Crippen molar-refractivity contribution in [2.45, 2.75) is 6.92 Å². The van der Waals surface area contributed by atoms with Gasteiger partial charge in [0.05, 0.1) is 0 Å². The number of nitrogens with zero attached hydrogens (tertiary/aromatic N) is 1. The van der Waals surface area contributed by atoms with E-state index in [4.69, 9.17) is 5.11 Å². The minimum absolute atomic E-state index is 0.